The zero-order valence-electron chi connectivity index (χ0n) is 14.2. The van der Waals surface area contributed by atoms with Crippen molar-refractivity contribution in [3.8, 4) is 5.75 Å². The second kappa shape index (κ2) is 7.81. The van der Waals surface area contributed by atoms with Crippen LogP contribution < -0.4 is 4.74 Å². The molecule has 0 saturated carbocycles. The maximum atomic E-state index is 12.8. The topological polar surface area (TPSA) is 29.5 Å². The van der Waals surface area contributed by atoms with Crippen molar-refractivity contribution in [3.63, 3.8) is 0 Å². The van der Waals surface area contributed by atoms with E-state index < -0.39 is 6.36 Å². The first-order valence-electron chi connectivity index (χ1n) is 8.62. The van der Waals surface area contributed by atoms with Crippen molar-refractivity contribution in [2.24, 2.45) is 0 Å². The first-order valence-corrected chi connectivity index (χ1v) is 8.62. The molecular formula is C20H20F3NO2. The van der Waals surface area contributed by atoms with Crippen LogP contribution in [-0.4, -0.2) is 30.3 Å². The third kappa shape index (κ3) is 4.77. The van der Waals surface area contributed by atoms with Gasteiger partial charge in [-0.05, 0) is 42.7 Å². The van der Waals surface area contributed by atoms with Crippen LogP contribution in [0.5, 0.6) is 5.75 Å². The molecule has 6 heteroatoms. The van der Waals surface area contributed by atoms with Crippen molar-refractivity contribution < 1.29 is 22.7 Å². The van der Waals surface area contributed by atoms with Gasteiger partial charge in [0.05, 0.1) is 0 Å². The Morgan fingerprint density at radius 3 is 2.35 bits per heavy atom. The third-order valence-corrected chi connectivity index (χ3v) is 4.56. The standard InChI is InChI=1S/C20H20F3NO2/c21-20(22,23)26-18-11-9-16(10-12-18)19(25)24-13-5-4-8-17(14-24)15-6-2-1-3-7-15/h1-3,6-7,9-12,17H,4-5,8,13-14H2. The molecule has 1 unspecified atom stereocenters. The zero-order chi connectivity index (χ0) is 18.6. The Kier molecular flexibility index (Phi) is 5.49. The Bertz CT molecular complexity index is 729. The highest BCUT2D eigenvalue weighted by Crippen LogP contribution is 2.28. The molecule has 1 saturated heterocycles. The predicted molar refractivity (Wildman–Crippen MR) is 92.1 cm³/mol. The number of carbonyl (C=O) groups excluding carboxylic acids is 1. The van der Waals surface area contributed by atoms with Gasteiger partial charge in [-0.15, -0.1) is 13.2 Å². The van der Waals surface area contributed by atoms with Gasteiger partial charge in [0.1, 0.15) is 5.75 Å². The van der Waals surface area contributed by atoms with Gasteiger partial charge >= 0.3 is 6.36 Å². The van der Waals surface area contributed by atoms with E-state index in [1.54, 1.807) is 4.90 Å². The van der Waals surface area contributed by atoms with E-state index in [0.717, 1.165) is 19.3 Å². The predicted octanol–water partition coefficient (Wildman–Crippen LogP) is 5.00. The molecule has 2 aromatic carbocycles. The van der Waals surface area contributed by atoms with Gasteiger partial charge in [0.2, 0.25) is 0 Å². The summed E-state index contributed by atoms with van der Waals surface area (Å²) in [7, 11) is 0. The third-order valence-electron chi connectivity index (χ3n) is 4.56. The summed E-state index contributed by atoms with van der Waals surface area (Å²) in [5, 5.41) is 0. The fourth-order valence-electron chi connectivity index (χ4n) is 3.31. The van der Waals surface area contributed by atoms with E-state index in [-0.39, 0.29) is 17.6 Å². The zero-order valence-corrected chi connectivity index (χ0v) is 14.2. The number of hydrogen-bond donors (Lipinski definition) is 0. The Labute approximate surface area is 150 Å². The largest absolute Gasteiger partial charge is 0.573 e. The van der Waals surface area contributed by atoms with Crippen LogP contribution in [0.2, 0.25) is 0 Å². The summed E-state index contributed by atoms with van der Waals surface area (Å²) in [6, 6.07) is 15.2. The highest BCUT2D eigenvalue weighted by atomic mass is 19.4. The van der Waals surface area contributed by atoms with Crippen LogP contribution >= 0.6 is 0 Å². The van der Waals surface area contributed by atoms with Gasteiger partial charge in [0.15, 0.2) is 0 Å². The minimum absolute atomic E-state index is 0.161. The lowest BCUT2D eigenvalue weighted by Crippen LogP contribution is -2.34. The number of benzene rings is 2. The molecule has 2 aromatic rings. The van der Waals surface area contributed by atoms with E-state index >= 15 is 0 Å². The second-order valence-electron chi connectivity index (χ2n) is 6.43. The highest BCUT2D eigenvalue weighted by Gasteiger charge is 2.31. The number of amides is 1. The molecular weight excluding hydrogens is 343 g/mol. The molecule has 3 nitrogen and oxygen atoms in total. The van der Waals surface area contributed by atoms with E-state index in [9.17, 15) is 18.0 Å². The summed E-state index contributed by atoms with van der Waals surface area (Å²) in [6.07, 6.45) is -1.75. The van der Waals surface area contributed by atoms with Crippen LogP contribution in [0.4, 0.5) is 13.2 Å². The van der Waals surface area contributed by atoms with Crippen LogP contribution in [0.25, 0.3) is 0 Å². The minimum atomic E-state index is -4.74. The number of alkyl halides is 3. The Morgan fingerprint density at radius 1 is 1.00 bits per heavy atom. The van der Waals surface area contributed by atoms with Crippen molar-refractivity contribution in [1.82, 2.24) is 4.90 Å². The van der Waals surface area contributed by atoms with Crippen molar-refractivity contribution >= 4 is 5.91 Å². The van der Waals surface area contributed by atoms with Crippen LogP contribution in [0.15, 0.2) is 54.6 Å². The summed E-state index contributed by atoms with van der Waals surface area (Å²) in [4.78, 5) is 14.6. The summed E-state index contributed by atoms with van der Waals surface area (Å²) in [5.41, 5.74) is 1.58. The number of nitrogens with zero attached hydrogens (tertiary/aromatic N) is 1. The molecule has 0 aromatic heterocycles. The quantitative estimate of drug-likeness (QED) is 0.768. The van der Waals surface area contributed by atoms with Gasteiger partial charge in [0.25, 0.3) is 5.91 Å². The number of carbonyl (C=O) groups is 1. The normalized spacial score (nSPS) is 18.3. The molecule has 1 aliphatic heterocycles. The lowest BCUT2D eigenvalue weighted by molar-refractivity contribution is -0.274. The molecule has 0 spiro atoms. The number of halogens is 3. The molecule has 0 radical (unpaired) electrons. The van der Waals surface area contributed by atoms with Gasteiger partial charge < -0.3 is 9.64 Å². The van der Waals surface area contributed by atoms with E-state index in [4.69, 9.17) is 0 Å². The maximum Gasteiger partial charge on any atom is 0.573 e. The SMILES string of the molecule is O=C(c1ccc(OC(F)(F)F)cc1)N1CCCCC(c2ccccc2)C1. The van der Waals surface area contributed by atoms with Gasteiger partial charge in [-0.2, -0.15) is 0 Å². The molecule has 1 aliphatic rings. The number of rotatable bonds is 3. The Hall–Kier alpha value is -2.50. The molecule has 0 N–H and O–H groups in total. The van der Waals surface area contributed by atoms with Crippen LogP contribution in [-0.2, 0) is 0 Å². The van der Waals surface area contributed by atoms with Crippen LogP contribution in [0.1, 0.15) is 41.1 Å². The molecule has 1 heterocycles. The van der Waals surface area contributed by atoms with Gasteiger partial charge in [-0.25, -0.2) is 0 Å². The van der Waals surface area contributed by atoms with Crippen molar-refractivity contribution in [2.45, 2.75) is 31.5 Å². The minimum Gasteiger partial charge on any atom is -0.406 e. The van der Waals surface area contributed by atoms with Crippen LogP contribution in [0.3, 0.4) is 0 Å². The lowest BCUT2D eigenvalue weighted by atomic mass is 9.94. The van der Waals surface area contributed by atoms with E-state index in [1.165, 1.54) is 29.8 Å². The molecule has 1 amide bonds. The fourth-order valence-corrected chi connectivity index (χ4v) is 3.31. The van der Waals surface area contributed by atoms with Gasteiger partial charge in [-0.3, -0.25) is 4.79 Å². The van der Waals surface area contributed by atoms with Crippen molar-refractivity contribution in [1.29, 1.82) is 0 Å². The smallest absolute Gasteiger partial charge is 0.406 e. The molecule has 26 heavy (non-hydrogen) atoms. The van der Waals surface area contributed by atoms with E-state index in [0.29, 0.717) is 18.7 Å². The molecule has 0 bridgehead atoms. The van der Waals surface area contributed by atoms with E-state index in [1.807, 2.05) is 18.2 Å². The van der Waals surface area contributed by atoms with E-state index in [2.05, 4.69) is 16.9 Å². The number of likely N-dealkylation sites (tertiary alicyclic amines) is 1. The van der Waals surface area contributed by atoms with Gasteiger partial charge in [0, 0.05) is 24.6 Å². The summed E-state index contributed by atoms with van der Waals surface area (Å²) in [6.45, 7) is 1.27. The van der Waals surface area contributed by atoms with Crippen molar-refractivity contribution in [3.05, 3.63) is 65.7 Å². The number of ether oxygens (including phenoxy) is 1. The monoisotopic (exact) mass is 363 g/mol. The average Bonchev–Trinajstić information content (AvgIpc) is 2.87. The molecule has 0 aliphatic carbocycles. The fraction of sp³-hybridized carbons (Fsp3) is 0.350. The summed E-state index contributed by atoms with van der Waals surface area (Å²) >= 11 is 0. The summed E-state index contributed by atoms with van der Waals surface area (Å²) in [5.74, 6) is -0.214. The number of hydrogen-bond acceptors (Lipinski definition) is 2. The van der Waals surface area contributed by atoms with Gasteiger partial charge in [-0.1, -0.05) is 36.8 Å². The first-order chi connectivity index (χ1) is 12.4. The molecule has 3 rings (SSSR count). The molecule has 138 valence electrons. The Morgan fingerprint density at radius 2 is 1.69 bits per heavy atom. The second-order valence-corrected chi connectivity index (χ2v) is 6.43. The average molecular weight is 363 g/mol. The van der Waals surface area contributed by atoms with Crippen molar-refractivity contribution in [2.75, 3.05) is 13.1 Å². The summed E-state index contributed by atoms with van der Waals surface area (Å²) < 4.78 is 40.6. The first kappa shape index (κ1) is 18.3. The highest BCUT2D eigenvalue weighted by molar-refractivity contribution is 5.94. The van der Waals surface area contributed by atoms with Crippen LogP contribution in [0, 0.1) is 0 Å². The lowest BCUT2D eigenvalue weighted by Gasteiger charge is -2.25. The molecule has 1 atom stereocenters. The maximum absolute atomic E-state index is 12.8. The molecule has 1 fully saturated rings. The Balaban J connectivity index is 1.71.